The summed E-state index contributed by atoms with van der Waals surface area (Å²) in [6.45, 7) is 2.59. The van der Waals surface area contributed by atoms with Crippen molar-refractivity contribution < 1.29 is 64.6 Å². The smallest absolute Gasteiger partial charge is 0.220 e. The summed E-state index contributed by atoms with van der Waals surface area (Å²) in [4.78, 5) is 13.1. The highest BCUT2D eigenvalue weighted by Crippen LogP contribution is 2.30. The lowest BCUT2D eigenvalue weighted by atomic mass is 9.97. The number of hydrogen-bond donors (Lipinski definition) is 9. The molecule has 2 aliphatic heterocycles. The summed E-state index contributed by atoms with van der Waals surface area (Å²) < 4.78 is 22.6. The summed E-state index contributed by atoms with van der Waals surface area (Å²) in [6.07, 6.45) is 49.9. The Kier molecular flexibility index (Phi) is 41.7. The van der Waals surface area contributed by atoms with Gasteiger partial charge in [0.1, 0.15) is 48.8 Å². The van der Waals surface area contributed by atoms with E-state index in [0.29, 0.717) is 12.8 Å². The molecule has 2 aliphatic rings. The predicted molar refractivity (Wildman–Crippen MR) is 304 cm³/mol. The van der Waals surface area contributed by atoms with Crippen LogP contribution in [0.25, 0.3) is 0 Å². The highest BCUT2D eigenvalue weighted by Gasteiger charge is 2.51. The average Bonchev–Trinajstić information content (AvgIpc) is 3.42. The molecule has 2 saturated heterocycles. The van der Waals surface area contributed by atoms with Gasteiger partial charge in [-0.25, -0.2) is 0 Å². The molecule has 1 amide bonds. The molecule has 0 spiro atoms. The van der Waals surface area contributed by atoms with Gasteiger partial charge in [0.15, 0.2) is 12.6 Å². The van der Waals surface area contributed by atoms with Crippen molar-refractivity contribution in [3.63, 3.8) is 0 Å². The van der Waals surface area contributed by atoms with Gasteiger partial charge in [-0.15, -0.1) is 0 Å². The summed E-state index contributed by atoms with van der Waals surface area (Å²) in [7, 11) is 0. The molecule has 12 unspecified atom stereocenters. The maximum atomic E-state index is 13.1. The zero-order valence-corrected chi connectivity index (χ0v) is 46.2. The van der Waals surface area contributed by atoms with Crippen LogP contribution in [-0.4, -0.2) is 140 Å². The number of unbranched alkanes of at least 4 members (excludes halogenated alkanes) is 10. The standard InChI is InChI=1S/C62H101NO13/c1-3-5-7-9-10-11-12-13-14-15-16-17-18-19-20-21-22-23-24-25-26-27-28-29-30-31-32-33-34-35-36-37-38-39-40-42-44-46-54(67)63-50(51(66)45-43-41-8-6-4-2)49-73-61-59(72)57(70)60(53(48-65)75-61)76-62-58(71)56(69)55(68)52(47-64)74-62/h5,7,10-11,13-14,16-17,19-20,22-23,25-26,28-29,31-32,34-35,50-53,55-62,64-66,68-72H,3-4,6,8-9,12,15,18,21,24,27,30,33,36-49H2,1-2H3,(H,63,67)/b7-5-,11-10-,14-13-,17-16-,20-19-,23-22-,26-25-,29-28-,32-31-,35-34-. The van der Waals surface area contributed by atoms with Crippen LogP contribution in [0.5, 0.6) is 0 Å². The molecule has 0 aromatic carbocycles. The number of carbonyl (C=O) groups excluding carboxylic acids is 1. The van der Waals surface area contributed by atoms with E-state index in [1.807, 2.05) is 0 Å². The van der Waals surface area contributed by atoms with Crippen LogP contribution in [0.2, 0.25) is 0 Å². The van der Waals surface area contributed by atoms with Crippen molar-refractivity contribution in [3.8, 4) is 0 Å². The molecule has 14 heteroatoms. The van der Waals surface area contributed by atoms with E-state index in [1.54, 1.807) is 0 Å². The van der Waals surface area contributed by atoms with Crippen LogP contribution in [0.3, 0.4) is 0 Å². The van der Waals surface area contributed by atoms with Gasteiger partial charge >= 0.3 is 0 Å². The molecule has 76 heavy (non-hydrogen) atoms. The molecule has 0 aromatic rings. The fraction of sp³-hybridized carbons (Fsp3) is 0.661. The fourth-order valence-electron chi connectivity index (χ4n) is 8.56. The number of carbonyl (C=O) groups is 1. The first-order chi connectivity index (χ1) is 37.1. The molecule has 0 radical (unpaired) electrons. The van der Waals surface area contributed by atoms with Gasteiger partial charge < -0.3 is 65.1 Å². The van der Waals surface area contributed by atoms with Gasteiger partial charge in [0.25, 0.3) is 0 Å². The van der Waals surface area contributed by atoms with Crippen molar-refractivity contribution in [2.45, 2.75) is 242 Å². The monoisotopic (exact) mass is 1070 g/mol. The predicted octanol–water partition coefficient (Wildman–Crippen LogP) is 9.44. The number of aliphatic hydroxyl groups is 8. The number of ether oxygens (including phenoxy) is 4. The van der Waals surface area contributed by atoms with Gasteiger partial charge in [0, 0.05) is 6.42 Å². The lowest BCUT2D eigenvalue weighted by Gasteiger charge is -2.46. The summed E-state index contributed by atoms with van der Waals surface area (Å²) in [6, 6.07) is -0.841. The first kappa shape index (κ1) is 68.5. The van der Waals surface area contributed by atoms with E-state index < -0.39 is 86.8 Å². The molecular formula is C62H101NO13. The molecule has 0 aromatic heterocycles. The molecule has 0 saturated carbocycles. The van der Waals surface area contributed by atoms with Crippen LogP contribution < -0.4 is 5.32 Å². The highest BCUT2D eigenvalue weighted by molar-refractivity contribution is 5.76. The SMILES string of the molecule is CC/C=C\C/C=C\C/C=C\C/C=C\C/C=C\C/C=C\C/C=C\C/C=C\C/C=C\C/C=C\CCCCCCCCC(=O)NC(COC1OC(CO)C(OC2OC(CO)C(O)C(O)C2O)C(O)C1O)C(O)CCCCCCC. The summed E-state index contributed by atoms with van der Waals surface area (Å²) >= 11 is 0. The van der Waals surface area contributed by atoms with E-state index in [-0.39, 0.29) is 18.9 Å². The zero-order chi connectivity index (χ0) is 55.3. The fourth-order valence-corrected chi connectivity index (χ4v) is 8.56. The Morgan fingerprint density at radius 2 is 0.908 bits per heavy atom. The third-order valence-electron chi connectivity index (χ3n) is 13.2. The van der Waals surface area contributed by atoms with E-state index in [1.165, 1.54) is 0 Å². The second kappa shape index (κ2) is 46.3. The van der Waals surface area contributed by atoms with Crippen molar-refractivity contribution >= 4 is 5.91 Å². The summed E-state index contributed by atoms with van der Waals surface area (Å²) in [5, 5.41) is 86.5. The Morgan fingerprint density at radius 3 is 1.39 bits per heavy atom. The second-order valence-electron chi connectivity index (χ2n) is 19.7. The molecule has 14 nitrogen and oxygen atoms in total. The Balaban J connectivity index is 1.58. The minimum Gasteiger partial charge on any atom is -0.394 e. The molecule has 432 valence electrons. The van der Waals surface area contributed by atoms with Crippen molar-refractivity contribution in [3.05, 3.63) is 122 Å². The second-order valence-corrected chi connectivity index (χ2v) is 19.7. The van der Waals surface area contributed by atoms with E-state index in [2.05, 4.69) is 141 Å². The number of nitrogens with one attached hydrogen (secondary N) is 1. The van der Waals surface area contributed by atoms with Gasteiger partial charge in [0.2, 0.25) is 5.91 Å². The lowest BCUT2D eigenvalue weighted by molar-refractivity contribution is -0.359. The Labute approximate surface area is 457 Å². The van der Waals surface area contributed by atoms with Crippen molar-refractivity contribution in [1.29, 1.82) is 0 Å². The van der Waals surface area contributed by atoms with Gasteiger partial charge in [0.05, 0.1) is 32.0 Å². The number of rotatable bonds is 43. The third-order valence-corrected chi connectivity index (χ3v) is 13.2. The minimum atomic E-state index is -1.79. The highest BCUT2D eigenvalue weighted by atomic mass is 16.7. The first-order valence-electron chi connectivity index (χ1n) is 28.8. The maximum Gasteiger partial charge on any atom is 0.220 e. The topological polar surface area (TPSA) is 228 Å². The first-order valence-corrected chi connectivity index (χ1v) is 28.8. The molecule has 2 fully saturated rings. The molecule has 0 bridgehead atoms. The van der Waals surface area contributed by atoms with Crippen LogP contribution >= 0.6 is 0 Å². The van der Waals surface area contributed by atoms with Gasteiger partial charge in [-0.1, -0.05) is 193 Å². The normalized spacial score (nSPS) is 25.8. The minimum absolute atomic E-state index is 0.235. The Bertz CT molecular complexity index is 1730. The lowest BCUT2D eigenvalue weighted by Crippen LogP contribution is -2.65. The van der Waals surface area contributed by atoms with E-state index >= 15 is 0 Å². The van der Waals surface area contributed by atoms with E-state index in [9.17, 15) is 45.6 Å². The average molecular weight is 1070 g/mol. The van der Waals surface area contributed by atoms with Crippen molar-refractivity contribution in [2.75, 3.05) is 19.8 Å². The molecule has 2 rings (SSSR count). The summed E-state index contributed by atoms with van der Waals surface area (Å²) in [5.41, 5.74) is 0. The quantitative estimate of drug-likeness (QED) is 0.0205. The zero-order valence-electron chi connectivity index (χ0n) is 46.2. The van der Waals surface area contributed by atoms with Gasteiger partial charge in [-0.2, -0.15) is 0 Å². The number of allylic oxidation sites excluding steroid dienone is 20. The Morgan fingerprint density at radius 1 is 0.487 bits per heavy atom. The number of hydrogen-bond acceptors (Lipinski definition) is 13. The largest absolute Gasteiger partial charge is 0.394 e. The van der Waals surface area contributed by atoms with Crippen LogP contribution in [-0.2, 0) is 23.7 Å². The summed E-state index contributed by atoms with van der Waals surface area (Å²) in [5.74, 6) is -0.235. The maximum absolute atomic E-state index is 13.1. The van der Waals surface area contributed by atoms with Crippen LogP contribution in [0.1, 0.15) is 168 Å². The van der Waals surface area contributed by atoms with Crippen molar-refractivity contribution in [2.24, 2.45) is 0 Å². The molecule has 0 aliphatic carbocycles. The van der Waals surface area contributed by atoms with Gasteiger partial charge in [-0.05, 0) is 89.9 Å². The number of amides is 1. The molecule has 9 N–H and O–H groups in total. The van der Waals surface area contributed by atoms with Crippen LogP contribution in [0.4, 0.5) is 0 Å². The molecule has 2 heterocycles. The van der Waals surface area contributed by atoms with Crippen LogP contribution in [0, 0.1) is 0 Å². The number of aliphatic hydroxyl groups excluding tert-OH is 8. The van der Waals surface area contributed by atoms with Gasteiger partial charge in [-0.3, -0.25) is 4.79 Å². The third kappa shape index (κ3) is 31.7. The van der Waals surface area contributed by atoms with Crippen molar-refractivity contribution in [1.82, 2.24) is 5.32 Å². The van der Waals surface area contributed by atoms with E-state index in [4.69, 9.17) is 18.9 Å². The molecular weight excluding hydrogens is 967 g/mol. The Hall–Kier alpha value is -3.61. The van der Waals surface area contributed by atoms with Crippen LogP contribution in [0.15, 0.2) is 122 Å². The van der Waals surface area contributed by atoms with E-state index in [0.717, 1.165) is 135 Å². The molecule has 12 atom stereocenters.